The van der Waals surface area contributed by atoms with Crippen molar-refractivity contribution < 1.29 is 14.3 Å². The summed E-state index contributed by atoms with van der Waals surface area (Å²) >= 11 is 3.40. The van der Waals surface area contributed by atoms with Crippen LogP contribution in [-0.4, -0.2) is 36.0 Å². The molecule has 0 heterocycles. The Hall–Kier alpha value is -1.36. The molecule has 2 rings (SSSR count). The van der Waals surface area contributed by atoms with Gasteiger partial charge in [0, 0.05) is 10.5 Å². The molecule has 0 aromatic heterocycles. The first-order valence-corrected chi connectivity index (χ1v) is 7.55. The van der Waals surface area contributed by atoms with Gasteiger partial charge in [-0.05, 0) is 54.8 Å². The van der Waals surface area contributed by atoms with Crippen molar-refractivity contribution in [3.63, 3.8) is 0 Å². The molecule has 0 unspecified atom stereocenters. The average molecular weight is 340 g/mol. The molecule has 0 bridgehead atoms. The number of nitrogens with zero attached hydrogens (tertiary/aromatic N) is 1. The third-order valence-corrected chi connectivity index (χ3v) is 3.90. The molecule has 0 saturated heterocycles. The van der Waals surface area contributed by atoms with E-state index in [4.69, 9.17) is 4.74 Å². The molecule has 1 aromatic rings. The number of rotatable bonds is 5. The Kier molecular flexibility index (Phi) is 4.81. The Morgan fingerprint density at radius 2 is 2.10 bits per heavy atom. The topological polar surface area (TPSA) is 46.6 Å². The smallest absolute Gasteiger partial charge is 0.325 e. The fraction of sp³-hybridized carbons (Fsp3) is 0.467. The second-order valence-corrected chi connectivity index (χ2v) is 5.81. The maximum Gasteiger partial charge on any atom is 0.325 e. The van der Waals surface area contributed by atoms with Crippen LogP contribution in [0.15, 0.2) is 22.7 Å². The van der Waals surface area contributed by atoms with Gasteiger partial charge in [0.05, 0.1) is 12.2 Å². The summed E-state index contributed by atoms with van der Waals surface area (Å²) in [5.41, 5.74) is 1.62. The van der Waals surface area contributed by atoms with Crippen LogP contribution in [0.5, 0.6) is 0 Å². The molecule has 1 fully saturated rings. The largest absolute Gasteiger partial charge is 0.465 e. The third kappa shape index (κ3) is 3.60. The zero-order chi connectivity index (χ0) is 14.7. The van der Waals surface area contributed by atoms with Crippen LogP contribution in [0.3, 0.4) is 0 Å². The van der Waals surface area contributed by atoms with Gasteiger partial charge < -0.3 is 9.64 Å². The summed E-state index contributed by atoms with van der Waals surface area (Å²) in [5, 5.41) is 0. The first kappa shape index (κ1) is 15.0. The summed E-state index contributed by atoms with van der Waals surface area (Å²) in [4.78, 5) is 25.9. The van der Waals surface area contributed by atoms with Crippen molar-refractivity contribution in [2.24, 2.45) is 0 Å². The van der Waals surface area contributed by atoms with Gasteiger partial charge in [0.15, 0.2) is 0 Å². The van der Waals surface area contributed by atoms with Crippen LogP contribution in [0.2, 0.25) is 0 Å². The van der Waals surface area contributed by atoms with Crippen LogP contribution in [0.1, 0.15) is 35.7 Å². The highest BCUT2D eigenvalue weighted by atomic mass is 79.9. The van der Waals surface area contributed by atoms with Crippen LogP contribution in [0, 0.1) is 6.92 Å². The van der Waals surface area contributed by atoms with Gasteiger partial charge in [-0.1, -0.05) is 11.6 Å². The van der Waals surface area contributed by atoms with Crippen molar-refractivity contribution in [3.8, 4) is 0 Å². The summed E-state index contributed by atoms with van der Waals surface area (Å²) in [6.45, 7) is 4.06. The van der Waals surface area contributed by atoms with E-state index in [-0.39, 0.29) is 24.5 Å². The maximum absolute atomic E-state index is 12.6. The lowest BCUT2D eigenvalue weighted by Gasteiger charge is -2.22. The Balaban J connectivity index is 2.18. The molecule has 1 amide bonds. The Morgan fingerprint density at radius 1 is 1.40 bits per heavy atom. The van der Waals surface area contributed by atoms with E-state index < -0.39 is 0 Å². The van der Waals surface area contributed by atoms with E-state index in [9.17, 15) is 9.59 Å². The van der Waals surface area contributed by atoms with Crippen LogP contribution >= 0.6 is 15.9 Å². The second-order valence-electron chi connectivity index (χ2n) is 4.95. The molecule has 1 saturated carbocycles. The molecule has 0 radical (unpaired) electrons. The molecule has 0 spiro atoms. The molecule has 108 valence electrons. The summed E-state index contributed by atoms with van der Waals surface area (Å²) in [7, 11) is 0. The summed E-state index contributed by atoms with van der Waals surface area (Å²) < 4.78 is 5.70. The van der Waals surface area contributed by atoms with Gasteiger partial charge in [0.1, 0.15) is 6.54 Å². The maximum atomic E-state index is 12.6. The van der Waals surface area contributed by atoms with E-state index in [1.54, 1.807) is 11.8 Å². The van der Waals surface area contributed by atoms with E-state index in [2.05, 4.69) is 15.9 Å². The number of aryl methyl sites for hydroxylation is 1. The van der Waals surface area contributed by atoms with Gasteiger partial charge in [-0.15, -0.1) is 0 Å². The molecule has 0 aliphatic heterocycles. The number of hydrogen-bond donors (Lipinski definition) is 0. The van der Waals surface area contributed by atoms with Gasteiger partial charge in [0.25, 0.3) is 5.91 Å². The van der Waals surface area contributed by atoms with Crippen LogP contribution in [0.4, 0.5) is 0 Å². The fourth-order valence-electron chi connectivity index (χ4n) is 2.06. The second kappa shape index (κ2) is 6.39. The number of carbonyl (C=O) groups excluding carboxylic acids is 2. The molecule has 5 heteroatoms. The predicted octanol–water partition coefficient (Wildman–Crippen LogP) is 2.93. The lowest BCUT2D eigenvalue weighted by Crippen LogP contribution is -2.38. The third-order valence-electron chi connectivity index (χ3n) is 3.21. The highest BCUT2D eigenvalue weighted by molar-refractivity contribution is 9.10. The summed E-state index contributed by atoms with van der Waals surface area (Å²) in [6.07, 6.45) is 1.91. The van der Waals surface area contributed by atoms with Crippen molar-refractivity contribution in [1.82, 2.24) is 4.90 Å². The fourth-order valence-corrected chi connectivity index (χ4v) is 2.47. The van der Waals surface area contributed by atoms with E-state index in [1.165, 1.54) is 0 Å². The van der Waals surface area contributed by atoms with Crippen LogP contribution < -0.4 is 0 Å². The zero-order valence-electron chi connectivity index (χ0n) is 11.7. The summed E-state index contributed by atoms with van der Waals surface area (Å²) in [5.74, 6) is -0.465. The molecular formula is C15H18BrNO3. The molecule has 0 atom stereocenters. The molecule has 20 heavy (non-hydrogen) atoms. The van der Waals surface area contributed by atoms with Gasteiger partial charge in [-0.25, -0.2) is 0 Å². The van der Waals surface area contributed by atoms with Gasteiger partial charge in [-0.2, -0.15) is 0 Å². The van der Waals surface area contributed by atoms with Crippen LogP contribution in [-0.2, 0) is 9.53 Å². The van der Waals surface area contributed by atoms with Crippen molar-refractivity contribution in [1.29, 1.82) is 0 Å². The van der Waals surface area contributed by atoms with Crippen molar-refractivity contribution >= 4 is 27.8 Å². The Bertz CT molecular complexity index is 526. The Labute approximate surface area is 127 Å². The minimum absolute atomic E-state index is 0.0255. The molecule has 4 nitrogen and oxygen atoms in total. The monoisotopic (exact) mass is 339 g/mol. The number of carbonyl (C=O) groups is 2. The van der Waals surface area contributed by atoms with E-state index in [0.29, 0.717) is 12.2 Å². The van der Waals surface area contributed by atoms with Crippen molar-refractivity contribution in [2.45, 2.75) is 32.7 Å². The number of ether oxygens (including phenoxy) is 1. The molecular weight excluding hydrogens is 322 g/mol. The Morgan fingerprint density at radius 3 is 2.70 bits per heavy atom. The van der Waals surface area contributed by atoms with E-state index >= 15 is 0 Å². The first-order valence-electron chi connectivity index (χ1n) is 6.75. The minimum Gasteiger partial charge on any atom is -0.465 e. The highest BCUT2D eigenvalue weighted by Crippen LogP contribution is 2.30. The van der Waals surface area contributed by atoms with Crippen molar-refractivity contribution in [3.05, 3.63) is 33.8 Å². The van der Waals surface area contributed by atoms with Crippen molar-refractivity contribution in [2.75, 3.05) is 13.2 Å². The number of esters is 1. The zero-order valence-corrected chi connectivity index (χ0v) is 13.3. The number of benzene rings is 1. The normalized spacial score (nSPS) is 13.9. The van der Waals surface area contributed by atoms with Gasteiger partial charge in [0.2, 0.25) is 0 Å². The number of hydrogen-bond acceptors (Lipinski definition) is 3. The lowest BCUT2D eigenvalue weighted by molar-refractivity contribution is -0.144. The van der Waals surface area contributed by atoms with Gasteiger partial charge >= 0.3 is 5.97 Å². The molecule has 1 aliphatic rings. The number of amides is 1. The molecule has 1 aromatic carbocycles. The predicted molar refractivity (Wildman–Crippen MR) is 79.6 cm³/mol. The SMILES string of the molecule is CCOC(=O)CN(C(=O)c1cc(C)ccc1Br)C1CC1. The molecule has 0 N–H and O–H groups in total. The van der Waals surface area contributed by atoms with E-state index in [1.807, 2.05) is 25.1 Å². The number of halogens is 1. The van der Waals surface area contributed by atoms with Gasteiger partial charge in [-0.3, -0.25) is 9.59 Å². The quantitative estimate of drug-likeness (QED) is 0.775. The highest BCUT2D eigenvalue weighted by Gasteiger charge is 2.35. The minimum atomic E-state index is -0.350. The lowest BCUT2D eigenvalue weighted by atomic mass is 10.1. The average Bonchev–Trinajstić information content (AvgIpc) is 3.23. The first-order chi connectivity index (χ1) is 9.52. The van der Waals surface area contributed by atoms with Crippen LogP contribution in [0.25, 0.3) is 0 Å². The standard InChI is InChI=1S/C15H18BrNO3/c1-3-20-14(18)9-17(11-5-6-11)15(19)12-8-10(2)4-7-13(12)16/h4,7-8,11H,3,5-6,9H2,1-2H3. The summed E-state index contributed by atoms with van der Waals surface area (Å²) in [6, 6.07) is 5.80. The van der Waals surface area contributed by atoms with E-state index in [0.717, 1.165) is 22.9 Å². The molecule has 1 aliphatic carbocycles.